The molecule has 1 N–H and O–H groups in total. The molecule has 0 unspecified atom stereocenters. The van der Waals surface area contributed by atoms with Gasteiger partial charge in [0, 0.05) is 13.0 Å². The maximum Gasteiger partial charge on any atom is 0.325 e. The Morgan fingerprint density at radius 2 is 1.89 bits per heavy atom. The Morgan fingerprint density at radius 1 is 1.08 bits per heavy atom. The van der Waals surface area contributed by atoms with Gasteiger partial charge in [-0.15, -0.1) is 5.92 Å². The number of urea groups is 1. The maximum atomic E-state index is 13.7. The molecule has 2 aromatic carbocycles. The van der Waals surface area contributed by atoms with Crippen molar-refractivity contribution in [1.29, 1.82) is 0 Å². The zero-order valence-electron chi connectivity index (χ0n) is 21.1. The van der Waals surface area contributed by atoms with E-state index < -0.39 is 5.54 Å². The van der Waals surface area contributed by atoms with Crippen LogP contribution < -0.4 is 10.1 Å². The fourth-order valence-electron chi connectivity index (χ4n) is 5.99. The van der Waals surface area contributed by atoms with E-state index in [0.717, 1.165) is 64.1 Å². The molecule has 0 bridgehead atoms. The lowest BCUT2D eigenvalue weighted by Crippen LogP contribution is -2.56. The number of imide groups is 1. The summed E-state index contributed by atoms with van der Waals surface area (Å²) in [5.74, 6) is 6.76. The lowest BCUT2D eigenvalue weighted by molar-refractivity contribution is -0.134. The Bertz CT molecular complexity index is 1160. The van der Waals surface area contributed by atoms with Crippen LogP contribution in [0.1, 0.15) is 49.3 Å². The summed E-state index contributed by atoms with van der Waals surface area (Å²) in [6.07, 6.45) is 5.15. The van der Waals surface area contributed by atoms with Crippen LogP contribution in [0.25, 0.3) is 0 Å². The van der Waals surface area contributed by atoms with Gasteiger partial charge >= 0.3 is 6.03 Å². The van der Waals surface area contributed by atoms with Crippen LogP contribution in [0.2, 0.25) is 0 Å². The Kier molecular flexibility index (Phi) is 7.29. The summed E-state index contributed by atoms with van der Waals surface area (Å²) in [7, 11) is 0. The third-order valence-corrected chi connectivity index (χ3v) is 7.94. The number of nitrogens with zero attached hydrogens (tertiary/aromatic N) is 2. The average Bonchev–Trinajstić information content (AvgIpc) is 3.46. The van der Waals surface area contributed by atoms with E-state index in [1.54, 1.807) is 6.92 Å². The minimum atomic E-state index is -0.835. The van der Waals surface area contributed by atoms with Gasteiger partial charge in [-0.05, 0) is 80.8 Å². The monoisotopic (exact) mass is 485 g/mol. The summed E-state index contributed by atoms with van der Waals surface area (Å²) in [5.41, 5.74) is 3.03. The number of piperidine rings is 1. The van der Waals surface area contributed by atoms with Crippen molar-refractivity contribution in [1.82, 2.24) is 15.1 Å². The van der Waals surface area contributed by atoms with Gasteiger partial charge in [0.25, 0.3) is 5.91 Å². The number of nitrogens with one attached hydrogen (secondary N) is 1. The normalized spacial score (nSPS) is 22.1. The van der Waals surface area contributed by atoms with Gasteiger partial charge in [-0.3, -0.25) is 14.6 Å². The van der Waals surface area contributed by atoms with Gasteiger partial charge in [-0.2, -0.15) is 0 Å². The number of carbonyl (C=O) groups excluding carboxylic acids is 2. The first-order valence-electron chi connectivity index (χ1n) is 13.1. The molecular formula is C30H35N3O3. The minimum Gasteiger partial charge on any atom is -0.493 e. The Labute approximate surface area is 214 Å². The average molecular weight is 486 g/mol. The number of benzene rings is 2. The van der Waals surface area contributed by atoms with Crippen molar-refractivity contribution in [3.8, 4) is 17.6 Å². The van der Waals surface area contributed by atoms with E-state index in [-0.39, 0.29) is 24.4 Å². The molecule has 0 spiro atoms. The van der Waals surface area contributed by atoms with Gasteiger partial charge in [0.15, 0.2) is 0 Å². The first-order chi connectivity index (χ1) is 17.6. The molecule has 2 saturated heterocycles. The van der Waals surface area contributed by atoms with Crippen LogP contribution in [0.5, 0.6) is 5.75 Å². The Hall–Kier alpha value is -3.30. The molecule has 5 rings (SSSR count). The molecule has 2 aromatic rings. The Morgan fingerprint density at radius 3 is 2.67 bits per heavy atom. The van der Waals surface area contributed by atoms with Gasteiger partial charge in [0.2, 0.25) is 0 Å². The SMILES string of the molecule is CC#CCN1C(=O)N[C@@](CCCc2ccccc2)(C2CCN(Cc3ccc4c(c3)CCO4)CC2)C1=O. The van der Waals surface area contributed by atoms with Crippen molar-refractivity contribution in [2.24, 2.45) is 5.92 Å². The zero-order chi connectivity index (χ0) is 25.0. The van der Waals surface area contributed by atoms with Crippen LogP contribution >= 0.6 is 0 Å². The van der Waals surface area contributed by atoms with E-state index in [2.05, 4.69) is 52.4 Å². The van der Waals surface area contributed by atoms with Crippen LogP contribution in [0.3, 0.4) is 0 Å². The lowest BCUT2D eigenvalue weighted by Gasteiger charge is -2.41. The third kappa shape index (κ3) is 4.99. The molecule has 0 aliphatic carbocycles. The van der Waals surface area contributed by atoms with Crippen LogP contribution in [0.4, 0.5) is 4.79 Å². The smallest absolute Gasteiger partial charge is 0.325 e. The van der Waals surface area contributed by atoms with Crippen LogP contribution in [0.15, 0.2) is 48.5 Å². The predicted octanol–water partition coefficient (Wildman–Crippen LogP) is 4.17. The van der Waals surface area contributed by atoms with Crippen molar-refractivity contribution in [2.75, 3.05) is 26.2 Å². The van der Waals surface area contributed by atoms with E-state index in [1.165, 1.54) is 21.6 Å². The molecule has 1 atom stereocenters. The number of ether oxygens (including phenoxy) is 1. The van der Waals surface area contributed by atoms with Gasteiger partial charge in [0.05, 0.1) is 13.2 Å². The van der Waals surface area contributed by atoms with Gasteiger partial charge < -0.3 is 10.1 Å². The number of rotatable bonds is 8. The van der Waals surface area contributed by atoms with E-state index in [1.807, 2.05) is 18.2 Å². The van der Waals surface area contributed by atoms with E-state index in [9.17, 15) is 9.59 Å². The molecule has 188 valence electrons. The van der Waals surface area contributed by atoms with Crippen LogP contribution in [0, 0.1) is 17.8 Å². The fourth-order valence-corrected chi connectivity index (χ4v) is 5.99. The van der Waals surface area contributed by atoms with Crippen molar-refractivity contribution in [2.45, 2.75) is 57.5 Å². The molecule has 3 aliphatic heterocycles. The number of carbonyl (C=O) groups is 2. The first kappa shape index (κ1) is 24.4. The van der Waals surface area contributed by atoms with E-state index in [0.29, 0.717) is 6.42 Å². The molecular weight excluding hydrogens is 450 g/mol. The van der Waals surface area contributed by atoms with Crippen molar-refractivity contribution in [3.63, 3.8) is 0 Å². The highest BCUT2D eigenvalue weighted by molar-refractivity contribution is 6.07. The second-order valence-electron chi connectivity index (χ2n) is 10.1. The molecule has 3 amide bonds. The molecule has 3 heterocycles. The number of amides is 3. The van der Waals surface area contributed by atoms with Crippen LogP contribution in [-0.4, -0.2) is 53.5 Å². The summed E-state index contributed by atoms with van der Waals surface area (Å²) >= 11 is 0. The predicted molar refractivity (Wildman–Crippen MR) is 139 cm³/mol. The standard InChI is InChI=1S/C30H35N3O3/c1-2-3-17-33-28(34)30(31-29(33)35,16-7-10-23-8-5-4-6-9-23)26-13-18-32(19-14-26)22-24-11-12-27-25(21-24)15-20-36-27/h4-6,8-9,11-12,21,26H,7,10,13-20,22H2,1H3,(H,31,35)/t30-/m0/s1. The quantitative estimate of drug-likeness (QED) is 0.450. The number of aryl methyl sites for hydroxylation is 1. The molecule has 6 heteroatoms. The second kappa shape index (κ2) is 10.8. The number of hydrogen-bond donors (Lipinski definition) is 1. The zero-order valence-corrected chi connectivity index (χ0v) is 21.1. The molecule has 0 radical (unpaired) electrons. The fraction of sp³-hybridized carbons (Fsp3) is 0.467. The van der Waals surface area contributed by atoms with Crippen molar-refractivity contribution in [3.05, 3.63) is 65.2 Å². The number of hydrogen-bond acceptors (Lipinski definition) is 4. The third-order valence-electron chi connectivity index (χ3n) is 7.94. The topological polar surface area (TPSA) is 61.9 Å². The lowest BCUT2D eigenvalue weighted by atomic mass is 9.74. The van der Waals surface area contributed by atoms with Gasteiger partial charge in [-0.1, -0.05) is 48.4 Å². The second-order valence-corrected chi connectivity index (χ2v) is 10.1. The molecule has 0 aromatic heterocycles. The summed E-state index contributed by atoms with van der Waals surface area (Å²) in [4.78, 5) is 30.4. The summed E-state index contributed by atoms with van der Waals surface area (Å²) in [6, 6.07) is 16.6. The highest BCUT2D eigenvalue weighted by atomic mass is 16.5. The minimum absolute atomic E-state index is 0.0969. The highest BCUT2D eigenvalue weighted by Gasteiger charge is 2.55. The summed E-state index contributed by atoms with van der Waals surface area (Å²) < 4.78 is 5.65. The molecule has 2 fully saturated rings. The van der Waals surface area contributed by atoms with E-state index >= 15 is 0 Å². The number of likely N-dealkylation sites (tertiary alicyclic amines) is 1. The van der Waals surface area contributed by atoms with E-state index in [4.69, 9.17) is 4.74 Å². The maximum absolute atomic E-state index is 13.7. The summed E-state index contributed by atoms with van der Waals surface area (Å²) in [6.45, 7) is 5.39. The first-order valence-corrected chi connectivity index (χ1v) is 13.1. The molecule has 0 saturated carbocycles. The van der Waals surface area contributed by atoms with Gasteiger partial charge in [0.1, 0.15) is 11.3 Å². The highest BCUT2D eigenvalue weighted by Crippen LogP contribution is 2.38. The largest absolute Gasteiger partial charge is 0.493 e. The molecule has 3 aliphatic rings. The number of fused-ring (bicyclic) bond motifs is 1. The molecule has 6 nitrogen and oxygen atoms in total. The van der Waals surface area contributed by atoms with Gasteiger partial charge in [-0.25, -0.2) is 4.79 Å². The van der Waals surface area contributed by atoms with Crippen molar-refractivity contribution < 1.29 is 14.3 Å². The summed E-state index contributed by atoms with van der Waals surface area (Å²) in [5, 5.41) is 3.16. The Balaban J connectivity index is 1.27. The van der Waals surface area contributed by atoms with Crippen LogP contribution in [-0.2, 0) is 24.2 Å². The molecule has 36 heavy (non-hydrogen) atoms. The van der Waals surface area contributed by atoms with Crippen molar-refractivity contribution >= 4 is 11.9 Å².